The monoisotopic (exact) mass is 721 g/mol. The zero-order chi connectivity index (χ0) is 34.5. The van der Waals surface area contributed by atoms with Gasteiger partial charge in [0, 0.05) is 17.6 Å². The van der Waals surface area contributed by atoms with Crippen LogP contribution in [0.15, 0.2) is 41.3 Å². The van der Waals surface area contributed by atoms with Gasteiger partial charge in [-0.15, -0.1) is 0 Å². The summed E-state index contributed by atoms with van der Waals surface area (Å²) in [5.41, 5.74) is -0.329. The van der Waals surface area contributed by atoms with Crippen LogP contribution >= 0.6 is 19.3 Å². The van der Waals surface area contributed by atoms with Crippen LogP contribution in [0.5, 0.6) is 0 Å². The molecule has 10 nitrogen and oxygen atoms in total. The lowest BCUT2D eigenvalue weighted by atomic mass is 10.1. The third-order valence-electron chi connectivity index (χ3n) is 9.45. The van der Waals surface area contributed by atoms with Gasteiger partial charge in [0.2, 0.25) is 6.23 Å². The molecule has 2 aliphatic rings. The number of ether oxygens (including phenoxy) is 1. The molecule has 1 aromatic carbocycles. The fourth-order valence-electron chi connectivity index (χ4n) is 4.57. The average Bonchev–Trinajstić information content (AvgIpc) is 3.15. The highest BCUT2D eigenvalue weighted by atomic mass is 35.5. The van der Waals surface area contributed by atoms with Gasteiger partial charge in [-0.05, 0) is 60.0 Å². The van der Waals surface area contributed by atoms with Gasteiger partial charge in [-0.2, -0.15) is 13.8 Å². The van der Waals surface area contributed by atoms with Crippen molar-refractivity contribution in [2.75, 3.05) is 18.3 Å². The summed E-state index contributed by atoms with van der Waals surface area (Å²) in [7, 11) is -9.02. The molecule has 0 saturated carbocycles. The Bertz CT molecular complexity index is 1520. The van der Waals surface area contributed by atoms with E-state index in [9.17, 15) is 9.36 Å². The number of nitrogens with zero attached hydrogens (tertiary/aromatic N) is 2. The van der Waals surface area contributed by atoms with E-state index in [4.69, 9.17) is 34.2 Å². The third kappa shape index (κ3) is 8.03. The van der Waals surface area contributed by atoms with Gasteiger partial charge in [-0.3, -0.25) is 18.7 Å². The first kappa shape index (κ1) is 37.3. The Hall–Kier alpha value is -1.49. The summed E-state index contributed by atoms with van der Waals surface area (Å²) in [5, 5.41) is 2.54. The maximum absolute atomic E-state index is 16.4. The van der Waals surface area contributed by atoms with Gasteiger partial charge < -0.3 is 13.6 Å². The topological polar surface area (TPSA) is 110 Å². The van der Waals surface area contributed by atoms with E-state index in [1.807, 2.05) is 47.0 Å². The van der Waals surface area contributed by atoms with E-state index in [2.05, 4.69) is 30.8 Å². The van der Waals surface area contributed by atoms with Crippen LogP contribution in [0.4, 0.5) is 14.6 Å². The standard InChI is InChI=1S/C30H47ClF2N3O7PSi2/c1-28(2,3)45(7,8)40-19-23-25(43-46(9,10)29(4,5)6)30(32,33)26(41-23)36-16-14-24(34-27(36)37)35-44(38)39-17-15-22(42-44)20-12-11-13-21(31)18-20/h11-14,16,18,22-23,25-26H,15,17,19H2,1-10H3,(H,34,35,37,38)/t22-,23+,25+,26+,44?/m0/s1. The second-order valence-electron chi connectivity index (χ2n) is 15.0. The minimum atomic E-state index is -3.97. The first-order valence-corrected chi connectivity index (χ1v) is 23.1. The minimum Gasteiger partial charge on any atom is -0.414 e. The Morgan fingerprint density at radius 2 is 1.76 bits per heavy atom. The zero-order valence-corrected chi connectivity index (χ0v) is 31.9. The van der Waals surface area contributed by atoms with Gasteiger partial charge in [0.05, 0.1) is 19.3 Å². The highest BCUT2D eigenvalue weighted by molar-refractivity contribution is 7.55. The highest BCUT2D eigenvalue weighted by Crippen LogP contribution is 2.55. The molecule has 0 bridgehead atoms. The lowest BCUT2D eigenvalue weighted by Gasteiger charge is -2.41. The van der Waals surface area contributed by atoms with Crippen LogP contribution < -0.4 is 10.8 Å². The van der Waals surface area contributed by atoms with Crippen LogP contribution in [-0.4, -0.2) is 57.5 Å². The largest absolute Gasteiger partial charge is 0.434 e. The summed E-state index contributed by atoms with van der Waals surface area (Å²) in [5.74, 6) is -3.77. The van der Waals surface area contributed by atoms with Crippen molar-refractivity contribution in [1.29, 1.82) is 0 Å². The van der Waals surface area contributed by atoms with E-state index >= 15 is 8.78 Å². The van der Waals surface area contributed by atoms with Crippen LogP contribution in [0.3, 0.4) is 0 Å². The number of alkyl halides is 2. The number of rotatable bonds is 9. The predicted molar refractivity (Wildman–Crippen MR) is 180 cm³/mol. The Morgan fingerprint density at radius 1 is 1.11 bits per heavy atom. The van der Waals surface area contributed by atoms with Crippen molar-refractivity contribution in [2.24, 2.45) is 0 Å². The number of hydrogen-bond donors (Lipinski definition) is 1. The second kappa shape index (κ2) is 13.1. The number of hydrogen-bond acceptors (Lipinski definition) is 8. The summed E-state index contributed by atoms with van der Waals surface area (Å²) in [6.07, 6.45) is -3.84. The molecule has 2 saturated heterocycles. The van der Waals surface area contributed by atoms with Crippen molar-refractivity contribution >= 4 is 41.8 Å². The van der Waals surface area contributed by atoms with E-state index in [0.29, 0.717) is 17.0 Å². The number of nitrogens with one attached hydrogen (secondary N) is 1. The van der Waals surface area contributed by atoms with Gasteiger partial charge in [-0.25, -0.2) is 9.36 Å². The van der Waals surface area contributed by atoms with Crippen LogP contribution in [-0.2, 0) is 27.2 Å². The van der Waals surface area contributed by atoms with Crippen molar-refractivity contribution < 1.29 is 36.0 Å². The Kier molecular flexibility index (Phi) is 10.6. The summed E-state index contributed by atoms with van der Waals surface area (Å²) >= 11 is 6.10. The van der Waals surface area contributed by atoms with Gasteiger partial charge in [0.1, 0.15) is 18.0 Å². The van der Waals surface area contributed by atoms with Crippen molar-refractivity contribution in [3.8, 4) is 0 Å². The molecule has 0 amide bonds. The second-order valence-corrected chi connectivity index (χ2v) is 26.6. The Labute approximate surface area is 277 Å². The van der Waals surface area contributed by atoms with Gasteiger partial charge >= 0.3 is 19.4 Å². The first-order valence-electron chi connectivity index (χ1n) is 15.4. The molecule has 2 aliphatic heterocycles. The molecule has 1 N–H and O–H groups in total. The maximum atomic E-state index is 16.4. The van der Waals surface area contributed by atoms with E-state index in [-0.39, 0.29) is 29.1 Å². The molecule has 4 rings (SSSR count). The Balaban J connectivity index is 1.59. The molecule has 2 aromatic rings. The first-order chi connectivity index (χ1) is 21.0. The van der Waals surface area contributed by atoms with Crippen molar-refractivity contribution in [1.82, 2.24) is 9.55 Å². The van der Waals surface area contributed by atoms with Crippen molar-refractivity contribution in [3.05, 3.63) is 57.6 Å². The van der Waals surface area contributed by atoms with Crippen LogP contribution in [0.1, 0.15) is 65.9 Å². The van der Waals surface area contributed by atoms with Gasteiger partial charge in [0.15, 0.2) is 16.6 Å². The third-order valence-corrected chi connectivity index (χ3v) is 20.2. The normalized spacial score (nSPS) is 27.5. The minimum absolute atomic E-state index is 0.106. The van der Waals surface area contributed by atoms with E-state index in [0.717, 1.165) is 10.8 Å². The summed E-state index contributed by atoms with van der Waals surface area (Å²) in [4.78, 5) is 17.1. The maximum Gasteiger partial charge on any atom is 0.434 e. The molecule has 2 fully saturated rings. The lowest BCUT2D eigenvalue weighted by Crippen LogP contribution is -2.53. The number of halogens is 3. The fourth-order valence-corrected chi connectivity index (χ4v) is 8.57. The lowest BCUT2D eigenvalue weighted by molar-refractivity contribution is -0.138. The molecule has 46 heavy (non-hydrogen) atoms. The summed E-state index contributed by atoms with van der Waals surface area (Å²) < 4.78 is 76.6. The summed E-state index contributed by atoms with van der Waals surface area (Å²) in [6, 6.07) is 8.21. The molecule has 3 heterocycles. The number of anilines is 1. The quantitative estimate of drug-likeness (QED) is 0.201. The van der Waals surface area contributed by atoms with Gasteiger partial charge in [0.25, 0.3) is 0 Å². The molecule has 0 aliphatic carbocycles. The van der Waals surface area contributed by atoms with E-state index < -0.39 is 60.5 Å². The predicted octanol–water partition coefficient (Wildman–Crippen LogP) is 8.54. The van der Waals surface area contributed by atoms with Gasteiger partial charge in [-0.1, -0.05) is 65.3 Å². The van der Waals surface area contributed by atoms with Crippen molar-refractivity contribution in [2.45, 2.75) is 115 Å². The molecular weight excluding hydrogens is 675 g/mol. The number of aromatic nitrogens is 2. The molecule has 1 unspecified atom stereocenters. The molecule has 1 aromatic heterocycles. The smallest absolute Gasteiger partial charge is 0.414 e. The average molecular weight is 722 g/mol. The summed E-state index contributed by atoms with van der Waals surface area (Å²) in [6.45, 7) is 19.9. The van der Waals surface area contributed by atoms with Crippen molar-refractivity contribution in [3.63, 3.8) is 0 Å². The molecule has 16 heteroatoms. The SMILES string of the molecule is CC(C)(C)[Si](C)(C)OC[C@H]1O[C@@H](n2ccc(NP3(=O)OCC[C@@H](c4cccc(Cl)c4)O3)nc2=O)C(F)(F)[C@@H]1O[Si](C)(C)C(C)(C)C. The molecular formula is C30H47ClF2N3O7PSi2. The number of benzene rings is 1. The molecule has 5 atom stereocenters. The highest BCUT2D eigenvalue weighted by Gasteiger charge is 2.63. The Morgan fingerprint density at radius 3 is 2.35 bits per heavy atom. The zero-order valence-electron chi connectivity index (χ0n) is 28.2. The fraction of sp³-hybridized carbons (Fsp3) is 0.667. The van der Waals surface area contributed by atoms with Crippen LogP contribution in [0, 0.1) is 0 Å². The van der Waals surface area contributed by atoms with E-state index in [1.165, 1.54) is 6.07 Å². The molecule has 258 valence electrons. The van der Waals surface area contributed by atoms with E-state index in [1.54, 1.807) is 24.3 Å². The molecule has 0 spiro atoms. The van der Waals surface area contributed by atoms with Crippen LogP contribution in [0.25, 0.3) is 0 Å². The van der Waals surface area contributed by atoms with Crippen LogP contribution in [0.2, 0.25) is 41.3 Å². The molecule has 0 radical (unpaired) electrons.